The average molecular weight is 370 g/mol. The van der Waals surface area contributed by atoms with Crippen molar-refractivity contribution in [3.05, 3.63) is 29.7 Å². The number of aromatic nitrogens is 2. The van der Waals surface area contributed by atoms with E-state index in [0.717, 1.165) is 17.1 Å². The van der Waals surface area contributed by atoms with Crippen LogP contribution in [-0.4, -0.2) is 23.4 Å². The molecular formula is C12H7IN2O2S. The maximum atomic E-state index is 11.1. The fraction of sp³-hybridized carbons (Fsp3) is 0.0833. The van der Waals surface area contributed by atoms with E-state index in [9.17, 15) is 4.79 Å². The number of ether oxygens (including phenoxy) is 1. The molecule has 0 unspecified atom stereocenters. The SMILES string of the molecule is COc1ncc2cncc(C=O)c2c1C#CSI. The van der Waals surface area contributed by atoms with Gasteiger partial charge in [-0.15, -0.1) is 0 Å². The van der Waals surface area contributed by atoms with Gasteiger partial charge in [0, 0.05) is 56.1 Å². The summed E-state index contributed by atoms with van der Waals surface area (Å²) in [6.45, 7) is 0. The number of aldehydes is 1. The van der Waals surface area contributed by atoms with Crippen LogP contribution in [0.5, 0.6) is 5.88 Å². The first-order valence-electron chi connectivity index (χ1n) is 4.86. The maximum Gasteiger partial charge on any atom is 0.229 e. The Hall–Kier alpha value is -1.33. The molecule has 0 saturated carbocycles. The highest BCUT2D eigenvalue weighted by molar-refractivity contribution is 14.2. The summed E-state index contributed by atoms with van der Waals surface area (Å²) in [5.74, 6) is 3.37. The van der Waals surface area contributed by atoms with Gasteiger partial charge in [-0.1, -0.05) is 0 Å². The lowest BCUT2D eigenvalue weighted by atomic mass is 10.1. The molecule has 18 heavy (non-hydrogen) atoms. The highest BCUT2D eigenvalue weighted by Crippen LogP contribution is 2.26. The molecule has 0 amide bonds. The summed E-state index contributed by atoms with van der Waals surface area (Å²) in [6, 6.07) is 0. The summed E-state index contributed by atoms with van der Waals surface area (Å²) in [7, 11) is 2.89. The van der Waals surface area contributed by atoms with Gasteiger partial charge in [-0.05, 0) is 20.1 Å². The normalized spacial score (nSPS) is 9.67. The van der Waals surface area contributed by atoms with Gasteiger partial charge < -0.3 is 4.74 Å². The van der Waals surface area contributed by atoms with E-state index in [1.807, 2.05) is 0 Å². The smallest absolute Gasteiger partial charge is 0.229 e. The first-order valence-corrected chi connectivity index (χ1v) is 8.22. The topological polar surface area (TPSA) is 52.1 Å². The van der Waals surface area contributed by atoms with Crippen molar-refractivity contribution >= 4 is 47.2 Å². The maximum absolute atomic E-state index is 11.1. The van der Waals surface area contributed by atoms with Gasteiger partial charge >= 0.3 is 0 Å². The second-order valence-electron chi connectivity index (χ2n) is 3.26. The number of pyridine rings is 2. The molecule has 0 fully saturated rings. The zero-order valence-electron chi connectivity index (χ0n) is 9.31. The second-order valence-corrected chi connectivity index (χ2v) is 4.94. The fourth-order valence-electron chi connectivity index (χ4n) is 1.61. The standard InChI is InChI=1S/C12H7IN2O2S/c1-17-12-10(2-3-18-13)11-8(6-15-12)4-14-5-9(11)7-16/h4-7H,1H3. The molecule has 0 N–H and O–H groups in total. The van der Waals surface area contributed by atoms with Crippen LogP contribution in [-0.2, 0) is 0 Å². The minimum Gasteiger partial charge on any atom is -0.480 e. The van der Waals surface area contributed by atoms with Gasteiger partial charge in [0.2, 0.25) is 5.88 Å². The van der Waals surface area contributed by atoms with Gasteiger partial charge in [-0.2, -0.15) is 0 Å². The Morgan fingerprint density at radius 2 is 2.28 bits per heavy atom. The minimum atomic E-state index is 0.412. The molecule has 90 valence electrons. The molecular weight excluding hydrogens is 363 g/mol. The van der Waals surface area contributed by atoms with Crippen LogP contribution in [0.4, 0.5) is 0 Å². The molecule has 0 bridgehead atoms. The number of hydrogen-bond acceptors (Lipinski definition) is 5. The number of methoxy groups -OCH3 is 1. The Morgan fingerprint density at radius 1 is 1.44 bits per heavy atom. The first kappa shape index (κ1) is 13.1. The Labute approximate surface area is 120 Å². The quantitative estimate of drug-likeness (QED) is 0.462. The second kappa shape index (κ2) is 6.02. The molecule has 0 atom stereocenters. The summed E-state index contributed by atoms with van der Waals surface area (Å²) in [6.07, 6.45) is 5.54. The third kappa shape index (κ3) is 2.42. The van der Waals surface area contributed by atoms with E-state index in [1.165, 1.54) is 22.2 Å². The first-order chi connectivity index (χ1) is 8.81. The number of fused-ring (bicyclic) bond motifs is 1. The van der Waals surface area contributed by atoms with Crippen molar-refractivity contribution in [1.82, 2.24) is 9.97 Å². The minimum absolute atomic E-state index is 0.412. The molecule has 0 aliphatic carbocycles. The van der Waals surface area contributed by atoms with E-state index >= 15 is 0 Å². The predicted octanol–water partition coefficient (Wildman–Crippen LogP) is 2.84. The van der Waals surface area contributed by atoms with Crippen molar-refractivity contribution in [2.75, 3.05) is 7.11 Å². The molecule has 0 aromatic carbocycles. The van der Waals surface area contributed by atoms with Crippen molar-refractivity contribution in [2.45, 2.75) is 0 Å². The lowest BCUT2D eigenvalue weighted by Crippen LogP contribution is -1.96. The molecule has 2 aromatic rings. The predicted molar refractivity (Wildman–Crippen MR) is 80.0 cm³/mol. The van der Waals surface area contributed by atoms with Crippen molar-refractivity contribution in [1.29, 1.82) is 0 Å². The third-order valence-electron chi connectivity index (χ3n) is 2.32. The van der Waals surface area contributed by atoms with Gasteiger partial charge in [0.05, 0.1) is 12.7 Å². The number of carbonyl (C=O) groups is 1. The largest absolute Gasteiger partial charge is 0.480 e. The van der Waals surface area contributed by atoms with Gasteiger partial charge in [-0.25, -0.2) is 4.98 Å². The van der Waals surface area contributed by atoms with E-state index in [4.69, 9.17) is 4.74 Å². The third-order valence-corrected chi connectivity index (χ3v) is 3.16. The molecule has 0 aliphatic rings. The van der Waals surface area contributed by atoms with Gasteiger partial charge in [0.1, 0.15) is 0 Å². The summed E-state index contributed by atoms with van der Waals surface area (Å²) in [5.41, 5.74) is 1.10. The lowest BCUT2D eigenvalue weighted by molar-refractivity contribution is 0.112. The number of hydrogen-bond donors (Lipinski definition) is 0. The molecule has 0 saturated heterocycles. The summed E-state index contributed by atoms with van der Waals surface area (Å²) >= 11 is 2.08. The van der Waals surface area contributed by atoms with E-state index in [2.05, 4.69) is 42.3 Å². The number of rotatable bonds is 2. The van der Waals surface area contributed by atoms with E-state index in [1.54, 1.807) is 12.4 Å². The van der Waals surface area contributed by atoms with Crippen LogP contribution < -0.4 is 4.74 Å². The molecule has 2 rings (SSSR count). The zero-order chi connectivity index (χ0) is 13.0. The van der Waals surface area contributed by atoms with Crippen LogP contribution in [0.3, 0.4) is 0 Å². The van der Waals surface area contributed by atoms with Crippen LogP contribution in [0.2, 0.25) is 0 Å². The number of carbonyl (C=O) groups excluding carboxylic acids is 1. The summed E-state index contributed by atoms with van der Waals surface area (Å²) in [5, 5.41) is 4.37. The molecule has 0 aliphatic heterocycles. The van der Waals surface area contributed by atoms with Crippen LogP contribution in [0, 0.1) is 11.2 Å². The summed E-state index contributed by atoms with van der Waals surface area (Å²) < 4.78 is 5.19. The zero-order valence-corrected chi connectivity index (χ0v) is 12.3. The molecule has 4 nitrogen and oxygen atoms in total. The van der Waals surface area contributed by atoms with Gasteiger partial charge in [0.15, 0.2) is 6.29 Å². The summed E-state index contributed by atoms with van der Waals surface area (Å²) in [4.78, 5) is 19.2. The van der Waals surface area contributed by atoms with Crippen LogP contribution in [0.25, 0.3) is 10.8 Å². The Bertz CT molecular complexity index is 664. The monoisotopic (exact) mass is 370 g/mol. The highest BCUT2D eigenvalue weighted by atomic mass is 127. The lowest BCUT2D eigenvalue weighted by Gasteiger charge is -2.07. The molecule has 6 heteroatoms. The average Bonchev–Trinajstić information content (AvgIpc) is 2.43. The van der Waals surface area contributed by atoms with Crippen LogP contribution in [0.15, 0.2) is 18.6 Å². The van der Waals surface area contributed by atoms with Crippen molar-refractivity contribution in [3.63, 3.8) is 0 Å². The molecule has 0 spiro atoms. The Balaban J connectivity index is 2.86. The van der Waals surface area contributed by atoms with Crippen molar-refractivity contribution < 1.29 is 9.53 Å². The highest BCUT2D eigenvalue weighted by Gasteiger charge is 2.11. The van der Waals surface area contributed by atoms with Crippen molar-refractivity contribution in [2.24, 2.45) is 0 Å². The molecule has 2 aromatic heterocycles. The van der Waals surface area contributed by atoms with Gasteiger partial charge in [0.25, 0.3) is 0 Å². The van der Waals surface area contributed by atoms with E-state index < -0.39 is 0 Å². The van der Waals surface area contributed by atoms with Gasteiger partial charge in [-0.3, -0.25) is 9.78 Å². The van der Waals surface area contributed by atoms with E-state index in [-0.39, 0.29) is 0 Å². The fourth-order valence-corrected chi connectivity index (χ4v) is 2.08. The van der Waals surface area contributed by atoms with E-state index in [0.29, 0.717) is 17.0 Å². The van der Waals surface area contributed by atoms with Crippen molar-refractivity contribution in [3.8, 4) is 17.1 Å². The van der Waals surface area contributed by atoms with Crippen LogP contribution in [0.1, 0.15) is 15.9 Å². The number of halogens is 1. The van der Waals surface area contributed by atoms with Crippen LogP contribution >= 0.6 is 30.1 Å². The Morgan fingerprint density at radius 3 is 2.94 bits per heavy atom. The Kier molecular flexibility index (Phi) is 4.38. The molecule has 0 radical (unpaired) electrons. The number of nitrogens with zero attached hydrogens (tertiary/aromatic N) is 2. The molecule has 2 heterocycles.